The Balaban J connectivity index is 0.00000423. The number of nitrogen functional groups attached to an aromatic ring is 1. The maximum atomic E-state index is 14.1. The molecule has 3 aromatic carbocycles. The Labute approximate surface area is 258 Å². The number of nitrogens with two attached hydrogens (primary N) is 1. The van der Waals surface area contributed by atoms with Gasteiger partial charge >= 0.3 is 5.97 Å². The van der Waals surface area contributed by atoms with Crippen LogP contribution in [0, 0.1) is 12.3 Å². The summed E-state index contributed by atoms with van der Waals surface area (Å²) in [6, 6.07) is 17.0. The highest BCUT2D eigenvalue weighted by Gasteiger charge is 2.31. The summed E-state index contributed by atoms with van der Waals surface area (Å²) < 4.78 is 34.9. The minimum atomic E-state index is -4.26. The Morgan fingerprint density at radius 2 is 1.86 bits per heavy atom. The minimum absolute atomic E-state index is 0. The molecule has 0 saturated carbocycles. The van der Waals surface area contributed by atoms with Crippen LogP contribution in [0.5, 0.6) is 0 Å². The lowest BCUT2D eigenvalue weighted by Crippen LogP contribution is -2.36. The molecule has 0 unspecified atom stereocenters. The number of fused-ring (bicyclic) bond motifs is 2. The van der Waals surface area contributed by atoms with Crippen molar-refractivity contribution in [3.05, 3.63) is 88.6 Å². The number of para-hydroxylation sites is 1. The normalized spacial score (nSPS) is 11.3. The fourth-order valence-corrected chi connectivity index (χ4v) is 7.22. The van der Waals surface area contributed by atoms with Crippen molar-refractivity contribution in [2.24, 2.45) is 5.73 Å². The van der Waals surface area contributed by atoms with Crippen LogP contribution in [0.15, 0.2) is 71.1 Å². The maximum Gasteiger partial charge on any atom is 0.326 e. The molecule has 2 heterocycles. The molecule has 0 radical (unpaired) electrons. The second kappa shape index (κ2) is 12.9. The third-order valence-corrected chi connectivity index (χ3v) is 9.51. The SMILES string of the molecule is CCOC(=O)CN(c1ccc2[nH]c(C)c(C(=O)CCc3ccc(C(=N)N)cc3)c2c1)S(=O)(=O)c1cccc2scnc12.Cl. The molecule has 224 valence electrons. The van der Waals surface area contributed by atoms with E-state index >= 15 is 0 Å². The van der Waals surface area contributed by atoms with Gasteiger partial charge in [0.05, 0.1) is 22.5 Å². The Hall–Kier alpha value is -4.26. The highest BCUT2D eigenvalue weighted by atomic mass is 35.5. The van der Waals surface area contributed by atoms with Gasteiger partial charge in [0.2, 0.25) is 0 Å². The predicted octanol–water partition coefficient (Wildman–Crippen LogP) is 5.37. The molecule has 2 aromatic heterocycles. The number of aryl methyl sites for hydroxylation is 2. The topological polar surface area (TPSA) is 159 Å². The van der Waals surface area contributed by atoms with Crippen LogP contribution < -0.4 is 10.0 Å². The summed E-state index contributed by atoms with van der Waals surface area (Å²) in [5.41, 5.74) is 11.0. The van der Waals surface area contributed by atoms with E-state index in [4.69, 9.17) is 15.9 Å². The summed E-state index contributed by atoms with van der Waals surface area (Å²) in [5.74, 6) is -0.840. The average Bonchev–Trinajstić information content (AvgIpc) is 3.58. The third kappa shape index (κ3) is 6.41. The number of carbonyl (C=O) groups is 2. The first-order chi connectivity index (χ1) is 20.1. The molecule has 0 bridgehead atoms. The predicted molar refractivity (Wildman–Crippen MR) is 171 cm³/mol. The molecule has 10 nitrogen and oxygen atoms in total. The van der Waals surface area contributed by atoms with E-state index in [9.17, 15) is 18.0 Å². The second-order valence-electron chi connectivity index (χ2n) is 9.66. The number of nitrogens with one attached hydrogen (secondary N) is 2. The lowest BCUT2D eigenvalue weighted by molar-refractivity contribution is -0.141. The van der Waals surface area contributed by atoms with Gasteiger partial charge in [-0.3, -0.25) is 19.3 Å². The second-order valence-corrected chi connectivity index (χ2v) is 12.4. The molecule has 0 aliphatic rings. The quantitative estimate of drug-likeness (QED) is 0.0758. The van der Waals surface area contributed by atoms with Gasteiger partial charge < -0.3 is 15.5 Å². The third-order valence-electron chi connectivity index (χ3n) is 6.91. The largest absolute Gasteiger partial charge is 0.465 e. The number of Topliss-reactive ketones (excluding diaryl/α,β-unsaturated/α-hetero) is 1. The number of ketones is 1. The highest BCUT2D eigenvalue weighted by molar-refractivity contribution is 7.93. The number of rotatable bonds is 11. The van der Waals surface area contributed by atoms with Crippen molar-refractivity contribution in [3.8, 4) is 0 Å². The van der Waals surface area contributed by atoms with Crippen molar-refractivity contribution in [2.75, 3.05) is 17.5 Å². The Morgan fingerprint density at radius 1 is 1.12 bits per heavy atom. The van der Waals surface area contributed by atoms with Gasteiger partial charge in [0.15, 0.2) is 5.78 Å². The number of hydrogen-bond acceptors (Lipinski definition) is 8. The van der Waals surface area contributed by atoms with Crippen LogP contribution in [0.2, 0.25) is 0 Å². The van der Waals surface area contributed by atoms with Crippen LogP contribution in [-0.2, 0) is 26.0 Å². The van der Waals surface area contributed by atoms with Crippen molar-refractivity contribution < 1.29 is 22.7 Å². The number of amidine groups is 1. The van der Waals surface area contributed by atoms with Gasteiger partial charge in [0.25, 0.3) is 10.0 Å². The summed E-state index contributed by atoms with van der Waals surface area (Å²) >= 11 is 1.32. The monoisotopic (exact) mass is 639 g/mol. The smallest absolute Gasteiger partial charge is 0.326 e. The number of esters is 1. The van der Waals surface area contributed by atoms with Gasteiger partial charge in [-0.25, -0.2) is 13.4 Å². The van der Waals surface area contributed by atoms with Crippen LogP contribution >= 0.6 is 23.7 Å². The number of aromatic nitrogens is 2. The molecule has 43 heavy (non-hydrogen) atoms. The summed E-state index contributed by atoms with van der Waals surface area (Å²) in [4.78, 5) is 33.5. The van der Waals surface area contributed by atoms with E-state index in [1.54, 1.807) is 61.8 Å². The van der Waals surface area contributed by atoms with Crippen LogP contribution in [0.25, 0.3) is 21.1 Å². The molecule has 5 aromatic rings. The van der Waals surface area contributed by atoms with E-state index in [1.165, 1.54) is 17.4 Å². The molecule has 0 atom stereocenters. The fourth-order valence-electron chi connectivity index (χ4n) is 4.89. The van der Waals surface area contributed by atoms with Crippen molar-refractivity contribution in [1.82, 2.24) is 9.97 Å². The zero-order valence-electron chi connectivity index (χ0n) is 23.4. The van der Waals surface area contributed by atoms with E-state index in [1.807, 2.05) is 12.1 Å². The van der Waals surface area contributed by atoms with Gasteiger partial charge in [-0.15, -0.1) is 23.7 Å². The van der Waals surface area contributed by atoms with E-state index in [2.05, 4.69) is 9.97 Å². The van der Waals surface area contributed by atoms with Crippen molar-refractivity contribution >= 4 is 78.2 Å². The molecule has 4 N–H and O–H groups in total. The molecule has 0 saturated heterocycles. The van der Waals surface area contributed by atoms with Crippen molar-refractivity contribution in [1.29, 1.82) is 5.41 Å². The Kier molecular flexibility index (Phi) is 9.53. The van der Waals surface area contributed by atoms with Crippen molar-refractivity contribution in [2.45, 2.75) is 31.6 Å². The number of ether oxygens (including phenoxy) is 1. The van der Waals surface area contributed by atoms with Crippen LogP contribution in [-0.4, -0.2) is 49.1 Å². The number of aromatic amines is 1. The average molecular weight is 640 g/mol. The van der Waals surface area contributed by atoms with Gasteiger partial charge in [0.1, 0.15) is 22.8 Å². The minimum Gasteiger partial charge on any atom is -0.465 e. The molecular formula is C30H30ClN5O5S2. The van der Waals surface area contributed by atoms with E-state index in [0.717, 1.165) is 9.87 Å². The summed E-state index contributed by atoms with van der Waals surface area (Å²) in [5, 5.41) is 8.10. The van der Waals surface area contributed by atoms with Crippen LogP contribution in [0.3, 0.4) is 0 Å². The first-order valence-electron chi connectivity index (χ1n) is 13.2. The van der Waals surface area contributed by atoms with Crippen LogP contribution in [0.1, 0.15) is 40.5 Å². The van der Waals surface area contributed by atoms with E-state index < -0.39 is 22.5 Å². The maximum absolute atomic E-state index is 14.1. The first kappa shape index (κ1) is 31.7. The van der Waals surface area contributed by atoms with Crippen molar-refractivity contribution in [3.63, 3.8) is 0 Å². The number of nitrogens with zero attached hydrogens (tertiary/aromatic N) is 2. The molecular weight excluding hydrogens is 610 g/mol. The molecule has 13 heteroatoms. The Morgan fingerprint density at radius 3 is 2.56 bits per heavy atom. The van der Waals surface area contributed by atoms with E-state index in [-0.39, 0.29) is 47.6 Å². The summed E-state index contributed by atoms with van der Waals surface area (Å²) in [6.45, 7) is 2.99. The lowest BCUT2D eigenvalue weighted by Gasteiger charge is -2.24. The number of benzene rings is 3. The van der Waals surface area contributed by atoms with E-state index in [0.29, 0.717) is 44.4 Å². The highest BCUT2D eigenvalue weighted by Crippen LogP contribution is 2.33. The molecule has 0 aliphatic heterocycles. The standard InChI is InChI=1S/C30H29N5O5S2.ClH/c1-3-40-27(37)16-35(42(38,39)26-6-4-5-25-29(26)33-17-41-25)21-12-13-23-22(15-21)28(18(2)34-23)24(36)14-9-19-7-10-20(11-8-19)30(31)32;/h4-8,10-13,15,17,34H,3,9,14,16H2,1-2H3,(H3,31,32);1H. The zero-order chi connectivity index (χ0) is 30.0. The number of hydrogen-bond donors (Lipinski definition) is 3. The van der Waals surface area contributed by atoms with Gasteiger partial charge in [0, 0.05) is 34.1 Å². The summed E-state index contributed by atoms with van der Waals surface area (Å²) in [6.07, 6.45) is 0.692. The number of H-pyrrole nitrogens is 1. The van der Waals surface area contributed by atoms with Gasteiger partial charge in [-0.2, -0.15) is 0 Å². The number of thiazole rings is 1. The molecule has 0 aliphatic carbocycles. The fraction of sp³-hybridized carbons (Fsp3) is 0.200. The number of anilines is 1. The van der Waals surface area contributed by atoms with Gasteiger partial charge in [-0.1, -0.05) is 30.3 Å². The Bertz CT molecular complexity index is 1930. The molecule has 5 rings (SSSR count). The lowest BCUT2D eigenvalue weighted by atomic mass is 9.99. The summed E-state index contributed by atoms with van der Waals surface area (Å²) in [7, 11) is -4.26. The number of sulfonamides is 1. The number of halogens is 1. The van der Waals surface area contributed by atoms with Crippen LogP contribution in [0.4, 0.5) is 5.69 Å². The number of carbonyl (C=O) groups excluding carboxylic acids is 2. The molecule has 0 spiro atoms. The first-order valence-corrected chi connectivity index (χ1v) is 15.5. The van der Waals surface area contributed by atoms with Gasteiger partial charge in [-0.05, 0) is 56.2 Å². The zero-order valence-corrected chi connectivity index (χ0v) is 25.9. The molecule has 0 amide bonds. The molecule has 0 fully saturated rings.